The van der Waals surface area contributed by atoms with Crippen molar-refractivity contribution in [2.75, 3.05) is 7.11 Å². The molecular formula is C14H11ClF2O2. The van der Waals surface area contributed by atoms with Crippen LogP contribution in [-0.2, 0) is 0 Å². The van der Waals surface area contributed by atoms with Gasteiger partial charge in [-0.25, -0.2) is 8.78 Å². The highest BCUT2D eigenvalue weighted by Gasteiger charge is 2.19. The average molecular weight is 285 g/mol. The summed E-state index contributed by atoms with van der Waals surface area (Å²) in [6.45, 7) is 0. The molecule has 0 amide bonds. The van der Waals surface area contributed by atoms with Crippen molar-refractivity contribution in [2.24, 2.45) is 0 Å². The van der Waals surface area contributed by atoms with Crippen molar-refractivity contribution in [3.63, 3.8) is 0 Å². The summed E-state index contributed by atoms with van der Waals surface area (Å²) in [4.78, 5) is 0. The number of halogens is 3. The van der Waals surface area contributed by atoms with Gasteiger partial charge in [-0.2, -0.15) is 0 Å². The standard InChI is InChI=1S/C14H11ClF2O2/c1-19-12-6-5-8(7-11(12)17)14(18)13-9(15)3-2-4-10(13)16/h2-7,14,18H,1H3. The summed E-state index contributed by atoms with van der Waals surface area (Å²) in [5.74, 6) is -1.22. The lowest BCUT2D eigenvalue weighted by Gasteiger charge is -2.14. The number of aliphatic hydroxyl groups excluding tert-OH is 1. The summed E-state index contributed by atoms with van der Waals surface area (Å²) in [7, 11) is 1.34. The molecular weight excluding hydrogens is 274 g/mol. The Morgan fingerprint density at radius 2 is 1.89 bits per heavy atom. The van der Waals surface area contributed by atoms with E-state index in [0.717, 1.165) is 6.07 Å². The number of hydrogen-bond donors (Lipinski definition) is 1. The molecule has 1 atom stereocenters. The molecule has 0 saturated heterocycles. The Balaban J connectivity index is 2.44. The molecule has 0 radical (unpaired) electrons. The summed E-state index contributed by atoms with van der Waals surface area (Å²) < 4.78 is 32.0. The molecule has 2 aromatic rings. The van der Waals surface area contributed by atoms with E-state index in [0.29, 0.717) is 0 Å². The molecule has 2 aromatic carbocycles. The minimum Gasteiger partial charge on any atom is -0.494 e. The number of rotatable bonds is 3. The molecule has 0 bridgehead atoms. The second-order valence-corrected chi connectivity index (χ2v) is 4.34. The van der Waals surface area contributed by atoms with Gasteiger partial charge in [0.05, 0.1) is 7.11 Å². The van der Waals surface area contributed by atoms with Crippen molar-refractivity contribution in [3.8, 4) is 5.75 Å². The molecule has 0 aliphatic rings. The Bertz CT molecular complexity index is 582. The van der Waals surface area contributed by atoms with Gasteiger partial charge in [-0.1, -0.05) is 23.7 Å². The van der Waals surface area contributed by atoms with E-state index in [2.05, 4.69) is 0 Å². The van der Waals surface area contributed by atoms with Gasteiger partial charge in [-0.05, 0) is 29.8 Å². The van der Waals surface area contributed by atoms with Gasteiger partial charge in [0.2, 0.25) is 0 Å². The molecule has 2 rings (SSSR count). The number of ether oxygens (including phenoxy) is 1. The highest BCUT2D eigenvalue weighted by atomic mass is 35.5. The van der Waals surface area contributed by atoms with Crippen LogP contribution in [0.3, 0.4) is 0 Å². The third-order valence-electron chi connectivity index (χ3n) is 2.76. The van der Waals surface area contributed by atoms with Crippen LogP contribution in [0.15, 0.2) is 36.4 Å². The first-order valence-corrected chi connectivity index (χ1v) is 5.87. The summed E-state index contributed by atoms with van der Waals surface area (Å²) in [5, 5.41) is 10.2. The van der Waals surface area contributed by atoms with Crippen LogP contribution in [0.25, 0.3) is 0 Å². The summed E-state index contributed by atoms with van der Waals surface area (Å²) in [6, 6.07) is 7.99. The van der Waals surface area contributed by atoms with Gasteiger partial charge in [-0.3, -0.25) is 0 Å². The van der Waals surface area contributed by atoms with E-state index in [1.165, 1.54) is 37.4 Å². The molecule has 1 unspecified atom stereocenters. The average Bonchev–Trinajstić information content (AvgIpc) is 2.38. The predicted molar refractivity (Wildman–Crippen MR) is 68.4 cm³/mol. The van der Waals surface area contributed by atoms with Crippen molar-refractivity contribution in [3.05, 3.63) is 64.2 Å². The molecule has 19 heavy (non-hydrogen) atoms. The maximum atomic E-state index is 13.7. The van der Waals surface area contributed by atoms with Gasteiger partial charge in [0, 0.05) is 10.6 Å². The van der Waals surface area contributed by atoms with Gasteiger partial charge in [0.1, 0.15) is 11.9 Å². The SMILES string of the molecule is COc1ccc(C(O)c2c(F)cccc2Cl)cc1F. The first kappa shape index (κ1) is 13.8. The quantitative estimate of drug-likeness (QED) is 0.931. The number of aliphatic hydroxyl groups is 1. The lowest BCUT2D eigenvalue weighted by Crippen LogP contribution is -2.04. The van der Waals surface area contributed by atoms with Crippen LogP contribution in [0.2, 0.25) is 5.02 Å². The van der Waals surface area contributed by atoms with Crippen molar-refractivity contribution < 1.29 is 18.6 Å². The van der Waals surface area contributed by atoms with E-state index in [1.807, 2.05) is 0 Å². The first-order valence-electron chi connectivity index (χ1n) is 5.50. The summed E-state index contributed by atoms with van der Waals surface area (Å²) in [5.41, 5.74) is 0.124. The maximum absolute atomic E-state index is 13.7. The monoisotopic (exact) mass is 284 g/mol. The molecule has 0 aliphatic carbocycles. The molecule has 0 aromatic heterocycles. The van der Waals surface area contributed by atoms with Crippen molar-refractivity contribution >= 4 is 11.6 Å². The third kappa shape index (κ3) is 2.69. The summed E-state index contributed by atoms with van der Waals surface area (Å²) >= 11 is 5.85. The molecule has 2 nitrogen and oxygen atoms in total. The highest BCUT2D eigenvalue weighted by Crippen LogP contribution is 2.32. The zero-order valence-corrected chi connectivity index (χ0v) is 10.8. The lowest BCUT2D eigenvalue weighted by molar-refractivity contribution is 0.214. The molecule has 0 heterocycles. The van der Waals surface area contributed by atoms with E-state index in [1.54, 1.807) is 0 Å². The molecule has 100 valence electrons. The molecule has 5 heteroatoms. The Hall–Kier alpha value is -1.65. The Labute approximate surface area is 114 Å². The van der Waals surface area contributed by atoms with Crippen molar-refractivity contribution in [1.29, 1.82) is 0 Å². The van der Waals surface area contributed by atoms with Crippen LogP contribution in [0, 0.1) is 11.6 Å². The van der Waals surface area contributed by atoms with Gasteiger partial charge < -0.3 is 9.84 Å². The van der Waals surface area contributed by atoms with Crippen LogP contribution in [-0.4, -0.2) is 12.2 Å². The fourth-order valence-corrected chi connectivity index (χ4v) is 2.06. The lowest BCUT2D eigenvalue weighted by atomic mass is 10.0. The molecule has 1 N–H and O–H groups in total. The molecule has 0 saturated carbocycles. The van der Waals surface area contributed by atoms with Gasteiger partial charge >= 0.3 is 0 Å². The second-order valence-electron chi connectivity index (χ2n) is 3.93. The van der Waals surface area contributed by atoms with E-state index in [-0.39, 0.29) is 21.9 Å². The van der Waals surface area contributed by atoms with Crippen LogP contribution in [0.4, 0.5) is 8.78 Å². The van der Waals surface area contributed by atoms with Gasteiger partial charge in [0.15, 0.2) is 11.6 Å². The van der Waals surface area contributed by atoms with E-state index in [4.69, 9.17) is 16.3 Å². The maximum Gasteiger partial charge on any atom is 0.165 e. The van der Waals surface area contributed by atoms with E-state index >= 15 is 0 Å². The van der Waals surface area contributed by atoms with Gasteiger partial charge in [0.25, 0.3) is 0 Å². The zero-order chi connectivity index (χ0) is 14.0. The number of benzene rings is 2. The highest BCUT2D eigenvalue weighted by molar-refractivity contribution is 6.31. The minimum absolute atomic E-state index is 0.0515. The Morgan fingerprint density at radius 3 is 2.47 bits per heavy atom. The van der Waals surface area contributed by atoms with Crippen molar-refractivity contribution in [1.82, 2.24) is 0 Å². The number of methoxy groups -OCH3 is 1. The van der Waals surface area contributed by atoms with E-state index in [9.17, 15) is 13.9 Å². The van der Waals surface area contributed by atoms with Crippen LogP contribution in [0.5, 0.6) is 5.75 Å². The largest absolute Gasteiger partial charge is 0.494 e. The minimum atomic E-state index is -1.34. The fraction of sp³-hybridized carbons (Fsp3) is 0.143. The molecule has 0 aliphatic heterocycles. The fourth-order valence-electron chi connectivity index (χ4n) is 1.79. The normalized spacial score (nSPS) is 12.3. The molecule has 0 spiro atoms. The zero-order valence-electron chi connectivity index (χ0n) is 10.0. The molecule has 0 fully saturated rings. The van der Waals surface area contributed by atoms with Gasteiger partial charge in [-0.15, -0.1) is 0 Å². The van der Waals surface area contributed by atoms with Crippen LogP contribution < -0.4 is 4.74 Å². The summed E-state index contributed by atoms with van der Waals surface area (Å²) in [6.07, 6.45) is -1.34. The topological polar surface area (TPSA) is 29.5 Å². The third-order valence-corrected chi connectivity index (χ3v) is 3.09. The van der Waals surface area contributed by atoms with Crippen molar-refractivity contribution in [2.45, 2.75) is 6.10 Å². The predicted octanol–water partition coefficient (Wildman–Crippen LogP) is 3.71. The van der Waals surface area contributed by atoms with Crippen LogP contribution >= 0.6 is 11.6 Å². The number of hydrogen-bond acceptors (Lipinski definition) is 2. The Kier molecular flexibility index (Phi) is 4.02. The Morgan fingerprint density at radius 1 is 1.16 bits per heavy atom. The second kappa shape index (κ2) is 5.55. The van der Waals surface area contributed by atoms with E-state index < -0.39 is 17.7 Å². The van der Waals surface area contributed by atoms with Crippen LogP contribution in [0.1, 0.15) is 17.2 Å². The smallest absolute Gasteiger partial charge is 0.165 e. The first-order chi connectivity index (χ1) is 9.04.